The zero-order valence-corrected chi connectivity index (χ0v) is 18.3. The molecule has 0 amide bonds. The summed E-state index contributed by atoms with van der Waals surface area (Å²) in [6, 6.07) is 0. The molecule has 0 aromatic carbocycles. The van der Waals surface area contributed by atoms with Gasteiger partial charge in [0.05, 0.1) is 26.4 Å². The second kappa shape index (κ2) is 34.7. The van der Waals surface area contributed by atoms with E-state index in [1.807, 2.05) is 0 Å². The number of aliphatic hydroxyl groups excluding tert-OH is 4. The van der Waals surface area contributed by atoms with Crippen LogP contribution in [-0.4, -0.2) is 71.8 Å². The molecule has 4 N–H and O–H groups in total. The first kappa shape index (κ1) is 35.6. The summed E-state index contributed by atoms with van der Waals surface area (Å²) < 4.78 is 10.2. The van der Waals surface area contributed by atoms with Crippen molar-refractivity contribution in [2.75, 3.05) is 33.0 Å². The molecule has 0 heterocycles. The first-order valence-corrected chi connectivity index (χ1v) is 8.42. The van der Waals surface area contributed by atoms with E-state index in [0.717, 1.165) is 19.4 Å². The maximum Gasteiger partial charge on any atom is 0.0701 e. The van der Waals surface area contributed by atoms with Gasteiger partial charge in [-0.05, 0) is 48.0 Å². The van der Waals surface area contributed by atoms with Crippen molar-refractivity contribution in [1.29, 1.82) is 0 Å². The van der Waals surface area contributed by atoms with Gasteiger partial charge in [0, 0.05) is 46.6 Å². The molecule has 0 saturated heterocycles. The molecule has 0 spiro atoms. The molecule has 0 aliphatic heterocycles. The van der Waals surface area contributed by atoms with Crippen LogP contribution in [0.4, 0.5) is 0 Å². The molecule has 0 unspecified atom stereocenters. The van der Waals surface area contributed by atoms with E-state index in [1.165, 1.54) is 0 Å². The van der Waals surface area contributed by atoms with Crippen LogP contribution >= 0.6 is 0 Å². The van der Waals surface area contributed by atoms with Crippen LogP contribution in [0.1, 0.15) is 61.3 Å². The van der Waals surface area contributed by atoms with Gasteiger partial charge < -0.3 is 29.9 Å². The van der Waals surface area contributed by atoms with Gasteiger partial charge in [0.1, 0.15) is 0 Å². The zero-order valence-electron chi connectivity index (χ0n) is 16.8. The Balaban J connectivity index is -0.0000000772. The predicted octanol–water partition coefficient (Wildman–Crippen LogP) is 1.97. The van der Waals surface area contributed by atoms with E-state index < -0.39 is 0 Å². The number of aliphatic hydroxyl groups is 4. The topological polar surface area (TPSA) is 99.4 Å². The summed E-state index contributed by atoms with van der Waals surface area (Å²) >= 11 is 0. The number of unbranched alkanes of at least 4 members (excludes halogenated alkanes) is 1. The Bertz CT molecular complexity index is 139. The summed E-state index contributed by atoms with van der Waals surface area (Å²) in [4.78, 5) is 0. The van der Waals surface area contributed by atoms with Gasteiger partial charge in [-0.2, -0.15) is 0 Å². The van der Waals surface area contributed by atoms with Crippen LogP contribution in [0.15, 0.2) is 0 Å². The first-order chi connectivity index (χ1) is 10.6. The molecule has 6 nitrogen and oxygen atoms in total. The molecule has 0 aromatic heterocycles. The van der Waals surface area contributed by atoms with Crippen LogP contribution < -0.4 is 0 Å². The van der Waals surface area contributed by atoms with Gasteiger partial charge in [-0.1, -0.05) is 13.3 Å². The Hall–Kier alpha value is 0.474. The van der Waals surface area contributed by atoms with Gasteiger partial charge in [-0.15, -0.1) is 0 Å². The van der Waals surface area contributed by atoms with Crippen LogP contribution in [0.5, 0.6) is 0 Å². The van der Waals surface area contributed by atoms with E-state index in [-0.39, 0.29) is 46.6 Å². The van der Waals surface area contributed by atoms with E-state index in [0.29, 0.717) is 19.8 Å². The predicted molar refractivity (Wildman–Crippen MR) is 95.7 cm³/mol. The third-order valence-electron chi connectivity index (χ3n) is 1.25. The summed E-state index contributed by atoms with van der Waals surface area (Å²) in [7, 11) is 0. The molecule has 0 fully saturated rings. The zero-order chi connectivity index (χ0) is 19.1. The average molecular weight is 390 g/mol. The molecule has 0 rings (SSSR count). The number of hydrogen-bond donors (Lipinski definition) is 4. The quantitative estimate of drug-likeness (QED) is 0.374. The van der Waals surface area contributed by atoms with Crippen LogP contribution in [0.2, 0.25) is 0 Å². The molecule has 0 radical (unpaired) electrons. The van der Waals surface area contributed by atoms with E-state index >= 15 is 0 Å². The Morgan fingerprint density at radius 2 is 0.958 bits per heavy atom. The fourth-order valence-corrected chi connectivity index (χ4v) is 0.633. The van der Waals surface area contributed by atoms with E-state index in [4.69, 9.17) is 29.9 Å². The second-order valence-corrected chi connectivity index (χ2v) is 5.58. The summed E-state index contributed by atoms with van der Waals surface area (Å²) in [5, 5.41) is 32.5. The minimum Gasteiger partial charge on any atom is -0.394 e. The molecule has 24 heavy (non-hydrogen) atoms. The fourth-order valence-electron chi connectivity index (χ4n) is 0.633. The Kier molecular flexibility index (Phi) is 51.5. The van der Waals surface area contributed by atoms with Crippen molar-refractivity contribution in [3.8, 4) is 0 Å². The number of ether oxygens (including phenoxy) is 2. The Labute approximate surface area is 164 Å². The van der Waals surface area contributed by atoms with Gasteiger partial charge in [0.25, 0.3) is 0 Å². The largest absolute Gasteiger partial charge is 0.394 e. The summed E-state index contributed by atoms with van der Waals surface area (Å²) in [5.41, 5.74) is 0. The third-order valence-corrected chi connectivity index (χ3v) is 1.25. The van der Waals surface area contributed by atoms with Crippen molar-refractivity contribution < 1.29 is 51.6 Å². The van der Waals surface area contributed by atoms with Crippen molar-refractivity contribution in [1.82, 2.24) is 0 Å². The maximum atomic E-state index is 8.34. The summed E-state index contributed by atoms with van der Waals surface area (Å²) in [6.45, 7) is 15.0. The smallest absolute Gasteiger partial charge is 0.0701 e. The SMILES string of the molecule is CC(C)O.CC(C)O.CC(C)O.CCCCOCCOCCO.[Ti]. The molecule has 0 aliphatic carbocycles. The Morgan fingerprint density at radius 1 is 0.667 bits per heavy atom. The molecule has 0 atom stereocenters. The van der Waals surface area contributed by atoms with Gasteiger partial charge >= 0.3 is 0 Å². The minimum absolute atomic E-state index is 0. The average Bonchev–Trinajstić information content (AvgIpc) is 2.36. The van der Waals surface area contributed by atoms with Crippen LogP contribution in [-0.2, 0) is 31.2 Å². The van der Waals surface area contributed by atoms with Gasteiger partial charge in [-0.3, -0.25) is 0 Å². The summed E-state index contributed by atoms with van der Waals surface area (Å²) in [5.74, 6) is 0. The molecule has 150 valence electrons. The third kappa shape index (κ3) is 144. The second-order valence-electron chi connectivity index (χ2n) is 5.58. The molecule has 0 bridgehead atoms. The monoisotopic (exact) mass is 390 g/mol. The van der Waals surface area contributed by atoms with Crippen molar-refractivity contribution in [3.63, 3.8) is 0 Å². The normalized spacial score (nSPS) is 9.25. The van der Waals surface area contributed by atoms with Gasteiger partial charge in [0.2, 0.25) is 0 Å². The first-order valence-electron chi connectivity index (χ1n) is 8.42. The fraction of sp³-hybridized carbons (Fsp3) is 1.00. The number of rotatable bonds is 8. The van der Waals surface area contributed by atoms with Crippen LogP contribution in [0.3, 0.4) is 0 Å². The van der Waals surface area contributed by atoms with Crippen molar-refractivity contribution in [2.24, 2.45) is 0 Å². The van der Waals surface area contributed by atoms with E-state index in [2.05, 4.69) is 6.92 Å². The molecular weight excluding hydrogens is 348 g/mol. The standard InChI is InChI=1S/C8H18O3.3C3H8O.Ti/c1-2-3-5-10-7-8-11-6-4-9;3*1-3(2)4;/h9H,2-8H2,1H3;3*3-4H,1-2H3;. The van der Waals surface area contributed by atoms with Crippen molar-refractivity contribution in [2.45, 2.75) is 79.6 Å². The maximum absolute atomic E-state index is 8.34. The van der Waals surface area contributed by atoms with Gasteiger partial charge in [-0.25, -0.2) is 0 Å². The molecule has 0 aliphatic rings. The molecular formula is C17H42O6Ti. The van der Waals surface area contributed by atoms with Gasteiger partial charge in [0.15, 0.2) is 0 Å². The van der Waals surface area contributed by atoms with Crippen molar-refractivity contribution in [3.05, 3.63) is 0 Å². The Morgan fingerprint density at radius 3 is 1.21 bits per heavy atom. The molecule has 7 heteroatoms. The van der Waals surface area contributed by atoms with E-state index in [1.54, 1.807) is 41.5 Å². The molecule has 0 saturated carbocycles. The number of hydrogen-bond acceptors (Lipinski definition) is 6. The summed E-state index contributed by atoms with van der Waals surface area (Å²) in [6.07, 6.45) is 1.78. The van der Waals surface area contributed by atoms with E-state index in [9.17, 15) is 0 Å². The molecule has 0 aromatic rings. The van der Waals surface area contributed by atoms with Crippen molar-refractivity contribution >= 4 is 0 Å². The minimum atomic E-state index is -0.167. The van der Waals surface area contributed by atoms with Crippen LogP contribution in [0, 0.1) is 0 Å². The van der Waals surface area contributed by atoms with Crippen LogP contribution in [0.25, 0.3) is 0 Å².